The summed E-state index contributed by atoms with van der Waals surface area (Å²) in [5.41, 5.74) is 10.3. The van der Waals surface area contributed by atoms with Crippen molar-refractivity contribution in [3.05, 3.63) is 0 Å². The van der Waals surface area contributed by atoms with Gasteiger partial charge in [0.1, 0.15) is 5.25 Å². The molecule has 1 unspecified atom stereocenters. The zero-order chi connectivity index (χ0) is 13.1. The Bertz CT molecular complexity index is 378. The lowest BCUT2D eigenvalue weighted by Crippen LogP contribution is -2.49. The second kappa shape index (κ2) is 5.55. The van der Waals surface area contributed by atoms with E-state index < -0.39 is 21.2 Å². The first-order chi connectivity index (χ1) is 7.10. The fraction of sp³-hybridized carbons (Fsp3) is 0.750. The number of nitrogens with zero attached hydrogens (tertiary/aromatic N) is 1. The Morgan fingerprint density at radius 3 is 2.00 bits per heavy atom. The molecule has 1 atom stereocenters. The van der Waals surface area contributed by atoms with Crippen molar-refractivity contribution < 1.29 is 13.2 Å². The number of amides is 1. The van der Waals surface area contributed by atoms with Gasteiger partial charge >= 0.3 is 0 Å². The van der Waals surface area contributed by atoms with E-state index in [2.05, 4.69) is 12.2 Å². The molecule has 4 N–H and O–H groups in total. The van der Waals surface area contributed by atoms with Crippen molar-refractivity contribution >= 4 is 33.1 Å². The first kappa shape index (κ1) is 15.3. The zero-order valence-corrected chi connectivity index (χ0v) is 11.1. The SMILES string of the molecule is CC(C)N(CC(N)=O)S(=O)(=O)C(C)C(N)=S. The Balaban J connectivity index is 5.20. The molecule has 0 radical (unpaired) electrons. The van der Waals surface area contributed by atoms with Gasteiger partial charge < -0.3 is 11.5 Å². The zero-order valence-electron chi connectivity index (χ0n) is 9.50. The van der Waals surface area contributed by atoms with Crippen molar-refractivity contribution in [2.24, 2.45) is 11.5 Å². The van der Waals surface area contributed by atoms with Gasteiger partial charge in [-0.1, -0.05) is 12.2 Å². The van der Waals surface area contributed by atoms with Crippen molar-refractivity contribution in [2.75, 3.05) is 6.54 Å². The van der Waals surface area contributed by atoms with Crippen molar-refractivity contribution in [2.45, 2.75) is 32.1 Å². The topological polar surface area (TPSA) is 106 Å². The van der Waals surface area contributed by atoms with E-state index in [1.165, 1.54) is 6.92 Å². The Morgan fingerprint density at radius 1 is 1.31 bits per heavy atom. The normalized spacial score (nSPS) is 14.1. The van der Waals surface area contributed by atoms with Gasteiger partial charge in [-0.05, 0) is 20.8 Å². The number of hydrogen-bond acceptors (Lipinski definition) is 4. The standard InChI is InChI=1S/C8H17N3O3S2/c1-5(2)11(4-7(9)12)16(13,14)6(3)8(10)15/h5-6H,4H2,1-3H3,(H2,9,12)(H2,10,15). The fourth-order valence-electron chi connectivity index (χ4n) is 1.07. The van der Waals surface area contributed by atoms with Crippen molar-refractivity contribution in [3.63, 3.8) is 0 Å². The van der Waals surface area contributed by atoms with E-state index in [4.69, 9.17) is 11.5 Å². The Hall–Kier alpha value is -0.730. The van der Waals surface area contributed by atoms with Gasteiger partial charge in [0.15, 0.2) is 0 Å². The van der Waals surface area contributed by atoms with Crippen molar-refractivity contribution in [1.82, 2.24) is 4.31 Å². The molecule has 1 amide bonds. The van der Waals surface area contributed by atoms with E-state index in [0.29, 0.717) is 0 Å². The number of nitrogens with two attached hydrogens (primary N) is 2. The van der Waals surface area contributed by atoms with Crippen LogP contribution in [0.5, 0.6) is 0 Å². The lowest BCUT2D eigenvalue weighted by Gasteiger charge is -2.27. The third-order valence-corrected chi connectivity index (χ3v) is 4.92. The highest BCUT2D eigenvalue weighted by atomic mass is 32.2. The number of carbonyl (C=O) groups excluding carboxylic acids is 1. The molecule has 94 valence electrons. The molecule has 6 nitrogen and oxygen atoms in total. The van der Waals surface area contributed by atoms with E-state index in [-0.39, 0.29) is 17.6 Å². The molecule has 16 heavy (non-hydrogen) atoms. The summed E-state index contributed by atoms with van der Waals surface area (Å²) in [6.07, 6.45) is 0. The monoisotopic (exact) mass is 267 g/mol. The molecule has 0 aromatic rings. The summed E-state index contributed by atoms with van der Waals surface area (Å²) in [6, 6.07) is -0.380. The lowest BCUT2D eigenvalue weighted by molar-refractivity contribution is -0.118. The smallest absolute Gasteiger partial charge is 0.232 e. The van der Waals surface area contributed by atoms with Gasteiger partial charge in [0.25, 0.3) is 0 Å². The van der Waals surface area contributed by atoms with Crippen molar-refractivity contribution in [1.29, 1.82) is 0 Å². The second-order valence-corrected chi connectivity index (χ2v) is 6.37. The van der Waals surface area contributed by atoms with Crippen LogP contribution in [0.25, 0.3) is 0 Å². The summed E-state index contributed by atoms with van der Waals surface area (Å²) in [6.45, 7) is 4.31. The van der Waals surface area contributed by atoms with Gasteiger partial charge in [-0.2, -0.15) is 4.31 Å². The second-order valence-electron chi connectivity index (χ2n) is 3.69. The number of thiocarbonyl (C=S) groups is 1. The molecule has 0 spiro atoms. The number of primary amides is 1. The maximum Gasteiger partial charge on any atom is 0.232 e. The van der Waals surface area contributed by atoms with E-state index in [1.54, 1.807) is 13.8 Å². The first-order valence-electron chi connectivity index (χ1n) is 4.69. The van der Waals surface area contributed by atoms with Crippen LogP contribution in [0.15, 0.2) is 0 Å². The average Bonchev–Trinajstić information content (AvgIpc) is 2.11. The molecule has 0 saturated heterocycles. The summed E-state index contributed by atoms with van der Waals surface area (Å²) in [7, 11) is -3.73. The van der Waals surface area contributed by atoms with Gasteiger partial charge in [0.2, 0.25) is 15.9 Å². The molecule has 0 bridgehead atoms. The van der Waals surface area contributed by atoms with Gasteiger partial charge in [0, 0.05) is 6.04 Å². The third-order valence-electron chi connectivity index (χ3n) is 2.06. The minimum atomic E-state index is -3.73. The third kappa shape index (κ3) is 3.69. The largest absolute Gasteiger partial charge is 0.392 e. The highest BCUT2D eigenvalue weighted by Crippen LogP contribution is 2.12. The number of rotatable bonds is 6. The molecule has 0 saturated carbocycles. The Kier molecular flexibility index (Phi) is 5.30. The van der Waals surface area contributed by atoms with Crippen LogP contribution >= 0.6 is 12.2 Å². The minimum absolute atomic E-state index is 0.130. The van der Waals surface area contributed by atoms with E-state index in [9.17, 15) is 13.2 Å². The van der Waals surface area contributed by atoms with Crippen LogP contribution in [0.3, 0.4) is 0 Å². The molecule has 0 aromatic carbocycles. The average molecular weight is 267 g/mol. The summed E-state index contributed by atoms with van der Waals surface area (Å²) in [5.74, 6) is -0.715. The quantitative estimate of drug-likeness (QED) is 0.612. The Labute approximate surface area is 101 Å². The van der Waals surface area contributed by atoms with Crippen LogP contribution in [-0.4, -0.2) is 41.5 Å². The maximum atomic E-state index is 12.0. The molecule has 0 aliphatic heterocycles. The molecule has 0 aromatic heterocycles. The van der Waals surface area contributed by atoms with Crippen LogP contribution in [0.4, 0.5) is 0 Å². The van der Waals surface area contributed by atoms with Crippen LogP contribution in [0.1, 0.15) is 20.8 Å². The van der Waals surface area contributed by atoms with E-state index in [1.807, 2.05) is 0 Å². The highest BCUT2D eigenvalue weighted by Gasteiger charge is 2.33. The van der Waals surface area contributed by atoms with E-state index in [0.717, 1.165) is 4.31 Å². The maximum absolute atomic E-state index is 12.0. The van der Waals surface area contributed by atoms with Crippen LogP contribution < -0.4 is 11.5 Å². The van der Waals surface area contributed by atoms with Gasteiger partial charge in [0.05, 0.1) is 11.5 Å². The summed E-state index contributed by atoms with van der Waals surface area (Å²) in [4.78, 5) is 10.7. The van der Waals surface area contributed by atoms with Crippen molar-refractivity contribution in [3.8, 4) is 0 Å². The molecule has 0 heterocycles. The first-order valence-corrected chi connectivity index (χ1v) is 6.60. The fourth-order valence-corrected chi connectivity index (χ4v) is 3.03. The lowest BCUT2D eigenvalue weighted by atomic mass is 10.4. The number of hydrogen-bond donors (Lipinski definition) is 2. The van der Waals surface area contributed by atoms with Crippen LogP contribution in [-0.2, 0) is 14.8 Å². The molecule has 0 fully saturated rings. The summed E-state index contributed by atoms with van der Waals surface area (Å²) < 4.78 is 25.0. The Morgan fingerprint density at radius 2 is 1.75 bits per heavy atom. The van der Waals surface area contributed by atoms with Crippen LogP contribution in [0, 0.1) is 0 Å². The molecular weight excluding hydrogens is 250 g/mol. The summed E-state index contributed by atoms with van der Waals surface area (Å²) >= 11 is 4.64. The molecule has 0 aliphatic rings. The van der Waals surface area contributed by atoms with Gasteiger partial charge in [-0.3, -0.25) is 4.79 Å². The minimum Gasteiger partial charge on any atom is -0.392 e. The highest BCUT2D eigenvalue weighted by molar-refractivity contribution is 7.92. The number of carbonyl (C=O) groups is 1. The van der Waals surface area contributed by atoms with Crippen LogP contribution in [0.2, 0.25) is 0 Å². The van der Waals surface area contributed by atoms with Gasteiger partial charge in [-0.15, -0.1) is 0 Å². The molecule has 0 rings (SSSR count). The van der Waals surface area contributed by atoms with E-state index >= 15 is 0 Å². The number of sulfonamides is 1. The molecular formula is C8H17N3O3S2. The molecule has 8 heteroatoms. The molecule has 0 aliphatic carbocycles. The predicted molar refractivity (Wildman–Crippen MR) is 66.2 cm³/mol. The van der Waals surface area contributed by atoms with Gasteiger partial charge in [-0.25, -0.2) is 8.42 Å². The predicted octanol–water partition coefficient (Wildman–Crippen LogP) is -0.813. The summed E-state index contributed by atoms with van der Waals surface area (Å²) in [5, 5.41) is -1.01.